The molecule has 2 atom stereocenters. The zero-order valence-electron chi connectivity index (χ0n) is 57.0. The Morgan fingerprint density at radius 1 is 0.353 bits per heavy atom. The zero-order valence-corrected chi connectivity index (χ0v) is 57.0. The van der Waals surface area contributed by atoms with Crippen LogP contribution in [0.5, 0.6) is 0 Å². The highest BCUT2D eigenvalue weighted by Gasteiger charge is 2.22. The first-order chi connectivity index (χ1) is 41.6. The van der Waals surface area contributed by atoms with Gasteiger partial charge in [0.25, 0.3) is 0 Å². The number of unbranched alkanes of at least 4 members (excludes halogenated alkanes) is 46. The summed E-state index contributed by atoms with van der Waals surface area (Å²) in [5, 5.41) is 11.8. The number of carboxylic acid groups (broad SMARTS) is 1. The molecule has 2 unspecified atom stereocenters. The summed E-state index contributed by atoms with van der Waals surface area (Å²) < 4.78 is 22.8. The summed E-state index contributed by atoms with van der Waals surface area (Å²) in [6.45, 7) is 4.79. The molecule has 0 heterocycles. The number of allylic oxidation sites excluding steroid dienone is 8. The number of rotatable bonds is 69. The van der Waals surface area contributed by atoms with Crippen LogP contribution in [-0.4, -0.2) is 82.3 Å². The quantitative estimate of drug-likeness (QED) is 0.0195. The number of nitrogens with zero attached hydrogens (tertiary/aromatic N) is 1. The fourth-order valence-corrected chi connectivity index (χ4v) is 10.9. The Balaban J connectivity index is 4.03. The van der Waals surface area contributed by atoms with Crippen LogP contribution in [0, 0.1) is 0 Å². The molecular weight excluding hydrogens is 1050 g/mol. The lowest BCUT2D eigenvalue weighted by Gasteiger charge is -2.26. The van der Waals surface area contributed by atoms with E-state index in [2.05, 4.69) is 62.5 Å². The molecule has 0 saturated heterocycles. The third kappa shape index (κ3) is 68.6. The molecule has 0 spiro atoms. The first-order valence-corrected chi connectivity index (χ1v) is 36.8. The minimum absolute atomic E-state index is 0.148. The van der Waals surface area contributed by atoms with E-state index in [1.807, 2.05) is 21.1 Å². The Morgan fingerprint density at radius 2 is 0.635 bits per heavy atom. The number of aliphatic carboxylic acids is 1. The molecule has 0 radical (unpaired) electrons. The number of hydrogen-bond donors (Lipinski definition) is 0. The van der Waals surface area contributed by atoms with Gasteiger partial charge in [-0.15, -0.1) is 0 Å². The van der Waals surface area contributed by atoms with Crippen LogP contribution < -0.4 is 5.11 Å². The van der Waals surface area contributed by atoms with Gasteiger partial charge in [-0.2, -0.15) is 0 Å². The second-order valence-corrected chi connectivity index (χ2v) is 26.2. The predicted molar refractivity (Wildman–Crippen MR) is 362 cm³/mol. The van der Waals surface area contributed by atoms with Crippen molar-refractivity contribution in [1.29, 1.82) is 0 Å². The Hall–Kier alpha value is -2.75. The molecule has 9 nitrogen and oxygen atoms in total. The van der Waals surface area contributed by atoms with Crippen molar-refractivity contribution < 1.29 is 42.9 Å². The van der Waals surface area contributed by atoms with Gasteiger partial charge in [0.2, 0.25) is 0 Å². The van der Waals surface area contributed by atoms with Crippen LogP contribution >= 0.6 is 0 Å². The largest absolute Gasteiger partial charge is 0.545 e. The third-order valence-electron chi connectivity index (χ3n) is 16.5. The van der Waals surface area contributed by atoms with Gasteiger partial charge in [-0.25, -0.2) is 0 Å². The van der Waals surface area contributed by atoms with E-state index in [0.29, 0.717) is 23.9 Å². The molecule has 0 aromatic rings. The Labute approximate surface area is 527 Å². The molecule has 0 rings (SSSR count). The van der Waals surface area contributed by atoms with Crippen LogP contribution in [0.2, 0.25) is 0 Å². The first kappa shape index (κ1) is 82.2. The molecule has 85 heavy (non-hydrogen) atoms. The van der Waals surface area contributed by atoms with Crippen LogP contribution in [-0.2, 0) is 33.3 Å². The molecule has 0 bridgehead atoms. The molecule has 0 aliphatic heterocycles. The molecular formula is C76H141NO8. The van der Waals surface area contributed by atoms with Crippen molar-refractivity contribution in [3.63, 3.8) is 0 Å². The lowest BCUT2D eigenvalue weighted by atomic mass is 10.0. The van der Waals surface area contributed by atoms with Gasteiger partial charge in [-0.05, 0) is 77.0 Å². The normalized spacial score (nSPS) is 12.9. The molecule has 9 heteroatoms. The van der Waals surface area contributed by atoms with Crippen LogP contribution in [0.15, 0.2) is 48.6 Å². The topological polar surface area (TPSA) is 111 Å². The molecule has 0 aromatic carbocycles. The van der Waals surface area contributed by atoms with Crippen molar-refractivity contribution in [1.82, 2.24) is 0 Å². The van der Waals surface area contributed by atoms with Crippen molar-refractivity contribution in [3.05, 3.63) is 48.6 Å². The summed E-state index contributed by atoms with van der Waals surface area (Å²) >= 11 is 0. The number of carboxylic acids is 1. The van der Waals surface area contributed by atoms with E-state index in [1.165, 1.54) is 276 Å². The molecule has 0 aliphatic rings. The van der Waals surface area contributed by atoms with Gasteiger partial charge < -0.3 is 33.3 Å². The number of carbonyl (C=O) groups excluding carboxylic acids is 3. The molecule has 0 N–H and O–H groups in total. The van der Waals surface area contributed by atoms with Crippen molar-refractivity contribution in [2.24, 2.45) is 0 Å². The molecule has 0 aliphatic carbocycles. The van der Waals surface area contributed by atoms with Gasteiger partial charge in [0.15, 0.2) is 12.4 Å². The van der Waals surface area contributed by atoms with E-state index in [1.54, 1.807) is 0 Å². The number of hydrogen-bond acceptors (Lipinski definition) is 8. The number of quaternary nitrogens is 1. The van der Waals surface area contributed by atoms with Crippen LogP contribution in [0.25, 0.3) is 0 Å². The number of carbonyl (C=O) groups is 3. The van der Waals surface area contributed by atoms with Crippen LogP contribution in [0.1, 0.15) is 361 Å². The van der Waals surface area contributed by atoms with Crippen molar-refractivity contribution in [2.45, 2.75) is 373 Å². The van der Waals surface area contributed by atoms with Gasteiger partial charge in [0.05, 0.1) is 40.3 Å². The smallest absolute Gasteiger partial charge is 0.306 e. The third-order valence-corrected chi connectivity index (χ3v) is 16.5. The van der Waals surface area contributed by atoms with Crippen LogP contribution in [0.3, 0.4) is 0 Å². The molecule has 498 valence electrons. The van der Waals surface area contributed by atoms with E-state index in [9.17, 15) is 19.5 Å². The van der Waals surface area contributed by atoms with Crippen molar-refractivity contribution in [3.8, 4) is 0 Å². The fraction of sp³-hybridized carbons (Fsp3) is 0.855. The highest BCUT2D eigenvalue weighted by atomic mass is 16.7. The second-order valence-electron chi connectivity index (χ2n) is 26.2. The van der Waals surface area contributed by atoms with E-state index >= 15 is 0 Å². The average Bonchev–Trinajstić information content (AvgIpc) is 3.49. The summed E-state index contributed by atoms with van der Waals surface area (Å²) in [4.78, 5) is 37.5. The summed E-state index contributed by atoms with van der Waals surface area (Å²) in [5.74, 6) is -2.27. The van der Waals surface area contributed by atoms with E-state index in [-0.39, 0.29) is 32.2 Å². The summed E-state index contributed by atoms with van der Waals surface area (Å²) in [5.41, 5.74) is 0. The minimum atomic E-state index is -1.62. The maximum atomic E-state index is 12.9. The lowest BCUT2D eigenvalue weighted by molar-refractivity contribution is -0.870. The Morgan fingerprint density at radius 3 is 0.953 bits per heavy atom. The Kier molecular flexibility index (Phi) is 65.0. The van der Waals surface area contributed by atoms with Crippen molar-refractivity contribution >= 4 is 17.9 Å². The number of esters is 2. The molecule has 0 aromatic heterocycles. The van der Waals surface area contributed by atoms with E-state index in [0.717, 1.165) is 51.4 Å². The highest BCUT2D eigenvalue weighted by molar-refractivity contribution is 5.70. The summed E-state index contributed by atoms with van der Waals surface area (Å²) in [6, 6.07) is 0. The standard InChI is InChI=1S/C76H141NO8/c1-6-8-10-12-14-16-18-20-22-24-26-28-30-32-33-34-35-36-37-38-39-40-41-43-44-46-48-50-52-54-56-58-60-62-64-66-73(78)83-70-72(71-84-76(75(80)81)82-69-68-77(3,4)5)85-74(79)67-65-63-61-59-57-55-53-51-49-47-45-42-31-29-27-25-23-21-19-17-15-13-11-9-7-2/h19,21,24-27,31,42,72,76H,6-18,20,22-23,28-30,32-41,43-71H2,1-5H3/b21-19-,26-24-,27-25-,42-31-. The fourth-order valence-electron chi connectivity index (χ4n) is 10.9. The van der Waals surface area contributed by atoms with Gasteiger partial charge >= 0.3 is 11.9 Å². The molecule has 0 fully saturated rings. The van der Waals surface area contributed by atoms with Gasteiger partial charge in [0.1, 0.15) is 13.2 Å². The van der Waals surface area contributed by atoms with Gasteiger partial charge in [0, 0.05) is 12.8 Å². The number of ether oxygens (including phenoxy) is 4. The van der Waals surface area contributed by atoms with Crippen molar-refractivity contribution in [2.75, 3.05) is 47.5 Å². The minimum Gasteiger partial charge on any atom is -0.545 e. The Bertz CT molecular complexity index is 1530. The number of likely N-dealkylation sites (N-methyl/N-ethyl adjacent to an activating group) is 1. The molecule has 0 amide bonds. The SMILES string of the molecule is CCCCCCC/C=C\C/C=C\C/C=C\CCCCCCCCCCCCC(=O)OC(COC(=O)CCCCCCCCCCCCCCCCCCCCCCCCC/C=C\CCCCCCCCCC)COC(OCC[N+](C)(C)C)C(=O)[O-]. The molecule has 0 saturated carbocycles. The van der Waals surface area contributed by atoms with Gasteiger partial charge in [-0.1, -0.05) is 319 Å². The second kappa shape index (κ2) is 67.2. The van der Waals surface area contributed by atoms with Gasteiger partial charge in [-0.3, -0.25) is 9.59 Å². The van der Waals surface area contributed by atoms with Crippen LogP contribution in [0.4, 0.5) is 0 Å². The predicted octanol–water partition coefficient (Wildman–Crippen LogP) is 21.6. The monoisotopic (exact) mass is 1200 g/mol. The zero-order chi connectivity index (χ0) is 61.9. The van der Waals surface area contributed by atoms with E-state index in [4.69, 9.17) is 18.9 Å². The maximum absolute atomic E-state index is 12.9. The maximum Gasteiger partial charge on any atom is 0.306 e. The lowest BCUT2D eigenvalue weighted by Crippen LogP contribution is -2.44. The van der Waals surface area contributed by atoms with E-state index < -0.39 is 24.3 Å². The first-order valence-electron chi connectivity index (χ1n) is 36.8. The summed E-state index contributed by atoms with van der Waals surface area (Å²) in [6.07, 6.45) is 83.5. The summed E-state index contributed by atoms with van der Waals surface area (Å²) in [7, 11) is 5.94. The average molecular weight is 1200 g/mol. The highest BCUT2D eigenvalue weighted by Crippen LogP contribution is 2.19.